The third kappa shape index (κ3) is 3.77. The Hall–Kier alpha value is -0.580. The van der Waals surface area contributed by atoms with Crippen LogP contribution in [0.5, 0.6) is 0 Å². The van der Waals surface area contributed by atoms with Crippen LogP contribution in [-0.2, 0) is 14.6 Å². The molecule has 1 rings (SSSR count). The smallest absolute Gasteiger partial charge is 0.306 e. The van der Waals surface area contributed by atoms with Crippen molar-refractivity contribution < 1.29 is 18.3 Å². The molecular weight excluding hydrogens is 228 g/mol. The van der Waals surface area contributed by atoms with Gasteiger partial charge in [0.1, 0.15) is 9.84 Å². The van der Waals surface area contributed by atoms with Gasteiger partial charge in [0.15, 0.2) is 0 Å². The first kappa shape index (κ1) is 13.5. The van der Waals surface area contributed by atoms with Crippen molar-refractivity contribution in [2.24, 2.45) is 11.8 Å². The van der Waals surface area contributed by atoms with E-state index >= 15 is 0 Å². The first-order chi connectivity index (χ1) is 7.46. The molecule has 0 bridgehead atoms. The molecule has 0 heterocycles. The maximum absolute atomic E-state index is 11.4. The van der Waals surface area contributed by atoms with E-state index in [4.69, 9.17) is 5.11 Å². The Labute approximate surface area is 97.0 Å². The monoisotopic (exact) mass is 248 g/mol. The Kier molecular flexibility index (Phi) is 4.77. The number of rotatable bonds is 5. The summed E-state index contributed by atoms with van der Waals surface area (Å²) in [6.07, 6.45) is 4.05. The first-order valence-electron chi connectivity index (χ1n) is 5.89. The molecule has 0 radical (unpaired) electrons. The predicted octanol–water partition coefficient (Wildman–Crippen LogP) is 1.70. The molecule has 0 aromatic carbocycles. The van der Waals surface area contributed by atoms with Crippen LogP contribution in [0.2, 0.25) is 0 Å². The number of carboxylic acids is 1. The molecular formula is C11H20O4S. The normalized spacial score (nSPS) is 26.6. The zero-order valence-electron chi connectivity index (χ0n) is 9.68. The van der Waals surface area contributed by atoms with E-state index in [0.29, 0.717) is 12.8 Å². The third-order valence-corrected chi connectivity index (χ3v) is 5.20. The fraction of sp³-hybridized carbons (Fsp3) is 0.909. The lowest BCUT2D eigenvalue weighted by molar-refractivity contribution is -0.144. The van der Waals surface area contributed by atoms with Crippen molar-refractivity contribution in [2.75, 3.05) is 11.5 Å². The lowest BCUT2D eigenvalue weighted by Crippen LogP contribution is -2.28. The fourth-order valence-corrected chi connectivity index (χ4v) is 3.30. The quantitative estimate of drug-likeness (QED) is 0.804. The Morgan fingerprint density at radius 2 is 1.94 bits per heavy atom. The van der Waals surface area contributed by atoms with E-state index in [-0.39, 0.29) is 23.3 Å². The molecule has 0 aliphatic heterocycles. The number of hydrogen-bond acceptors (Lipinski definition) is 3. The summed E-state index contributed by atoms with van der Waals surface area (Å²) in [6, 6.07) is 0. The second kappa shape index (κ2) is 5.66. The average Bonchev–Trinajstić information content (AvgIpc) is 2.27. The second-order valence-electron chi connectivity index (χ2n) is 4.51. The van der Waals surface area contributed by atoms with Crippen LogP contribution in [0.1, 0.15) is 39.0 Å². The molecule has 5 heteroatoms. The Morgan fingerprint density at radius 3 is 2.50 bits per heavy atom. The predicted molar refractivity (Wildman–Crippen MR) is 62.0 cm³/mol. The summed E-state index contributed by atoms with van der Waals surface area (Å²) in [5.74, 6) is -0.762. The number of aliphatic carboxylic acids is 1. The van der Waals surface area contributed by atoms with Gasteiger partial charge < -0.3 is 5.11 Å². The minimum absolute atomic E-state index is 0.0487. The van der Waals surface area contributed by atoms with Crippen LogP contribution in [0.25, 0.3) is 0 Å². The molecule has 0 spiro atoms. The van der Waals surface area contributed by atoms with Crippen LogP contribution in [-0.4, -0.2) is 31.0 Å². The molecule has 4 nitrogen and oxygen atoms in total. The molecule has 94 valence electrons. The van der Waals surface area contributed by atoms with Gasteiger partial charge in [-0.2, -0.15) is 0 Å². The highest BCUT2D eigenvalue weighted by Crippen LogP contribution is 2.32. The lowest BCUT2D eigenvalue weighted by Gasteiger charge is -2.28. The van der Waals surface area contributed by atoms with E-state index in [1.165, 1.54) is 0 Å². The van der Waals surface area contributed by atoms with E-state index in [2.05, 4.69) is 0 Å². The number of hydrogen-bond donors (Lipinski definition) is 1. The second-order valence-corrected chi connectivity index (χ2v) is 6.99. The van der Waals surface area contributed by atoms with Crippen LogP contribution >= 0.6 is 0 Å². The molecule has 16 heavy (non-hydrogen) atoms. The van der Waals surface area contributed by atoms with Gasteiger partial charge in [0.05, 0.1) is 11.7 Å². The van der Waals surface area contributed by atoms with Crippen LogP contribution < -0.4 is 0 Å². The Morgan fingerprint density at radius 1 is 1.31 bits per heavy atom. The van der Waals surface area contributed by atoms with Gasteiger partial charge in [0.2, 0.25) is 0 Å². The van der Waals surface area contributed by atoms with E-state index in [1.54, 1.807) is 6.92 Å². The molecule has 0 aromatic rings. The van der Waals surface area contributed by atoms with E-state index in [1.807, 2.05) is 0 Å². The summed E-state index contributed by atoms with van der Waals surface area (Å²) in [5.41, 5.74) is 0. The van der Waals surface area contributed by atoms with Crippen LogP contribution in [0.4, 0.5) is 0 Å². The number of carbonyl (C=O) groups is 1. The van der Waals surface area contributed by atoms with Crippen molar-refractivity contribution in [1.82, 2.24) is 0 Å². The summed E-state index contributed by atoms with van der Waals surface area (Å²) in [6.45, 7) is 1.63. The van der Waals surface area contributed by atoms with Gasteiger partial charge in [0.25, 0.3) is 0 Å². The SMILES string of the molecule is CCS(=O)(=O)CCC1CCCCC1C(=O)O. The van der Waals surface area contributed by atoms with Gasteiger partial charge in [-0.05, 0) is 25.2 Å². The van der Waals surface area contributed by atoms with Crippen molar-refractivity contribution in [3.8, 4) is 0 Å². The zero-order valence-corrected chi connectivity index (χ0v) is 10.5. The highest BCUT2D eigenvalue weighted by atomic mass is 32.2. The minimum Gasteiger partial charge on any atom is -0.481 e. The minimum atomic E-state index is -2.96. The summed E-state index contributed by atoms with van der Waals surface area (Å²) >= 11 is 0. The standard InChI is InChI=1S/C11H20O4S/c1-2-16(14,15)8-7-9-5-3-4-6-10(9)11(12)13/h9-10H,2-8H2,1H3,(H,12,13). The van der Waals surface area contributed by atoms with Crippen molar-refractivity contribution >= 4 is 15.8 Å². The molecule has 1 saturated carbocycles. The van der Waals surface area contributed by atoms with Crippen molar-refractivity contribution in [1.29, 1.82) is 0 Å². The highest BCUT2D eigenvalue weighted by molar-refractivity contribution is 7.91. The van der Waals surface area contributed by atoms with Crippen LogP contribution in [0.3, 0.4) is 0 Å². The van der Waals surface area contributed by atoms with Crippen molar-refractivity contribution in [3.05, 3.63) is 0 Å². The average molecular weight is 248 g/mol. The third-order valence-electron chi connectivity index (χ3n) is 3.47. The summed E-state index contributed by atoms with van der Waals surface area (Å²) in [4.78, 5) is 11.0. The molecule has 0 saturated heterocycles. The lowest BCUT2D eigenvalue weighted by atomic mass is 9.78. The van der Waals surface area contributed by atoms with Crippen molar-refractivity contribution in [3.63, 3.8) is 0 Å². The summed E-state index contributed by atoms with van der Waals surface area (Å²) < 4.78 is 22.7. The van der Waals surface area contributed by atoms with E-state index in [9.17, 15) is 13.2 Å². The van der Waals surface area contributed by atoms with Crippen molar-refractivity contribution in [2.45, 2.75) is 39.0 Å². The van der Waals surface area contributed by atoms with Crippen LogP contribution in [0.15, 0.2) is 0 Å². The summed E-state index contributed by atoms with van der Waals surface area (Å²) in [7, 11) is -2.96. The Balaban J connectivity index is 2.54. The molecule has 2 unspecified atom stereocenters. The first-order valence-corrected chi connectivity index (χ1v) is 7.71. The topological polar surface area (TPSA) is 71.4 Å². The van der Waals surface area contributed by atoms with E-state index in [0.717, 1.165) is 19.3 Å². The molecule has 0 amide bonds. The van der Waals surface area contributed by atoms with Crippen LogP contribution in [0, 0.1) is 11.8 Å². The van der Waals surface area contributed by atoms with Gasteiger partial charge in [-0.25, -0.2) is 8.42 Å². The molecule has 2 atom stereocenters. The van der Waals surface area contributed by atoms with Gasteiger partial charge in [0, 0.05) is 5.75 Å². The number of sulfone groups is 1. The molecule has 1 fully saturated rings. The molecule has 1 N–H and O–H groups in total. The molecule has 1 aliphatic rings. The van der Waals surface area contributed by atoms with Gasteiger partial charge >= 0.3 is 5.97 Å². The van der Waals surface area contributed by atoms with Gasteiger partial charge in [-0.3, -0.25) is 4.79 Å². The zero-order chi connectivity index (χ0) is 12.2. The molecule has 0 aromatic heterocycles. The highest BCUT2D eigenvalue weighted by Gasteiger charge is 2.31. The largest absolute Gasteiger partial charge is 0.481 e. The fourth-order valence-electron chi connectivity index (χ4n) is 2.35. The maximum atomic E-state index is 11.4. The Bertz CT molecular complexity index is 334. The molecule has 1 aliphatic carbocycles. The summed E-state index contributed by atoms with van der Waals surface area (Å²) in [5, 5.41) is 9.05. The van der Waals surface area contributed by atoms with Gasteiger partial charge in [-0.1, -0.05) is 19.8 Å². The van der Waals surface area contributed by atoms with E-state index < -0.39 is 15.8 Å². The number of carboxylic acid groups (broad SMARTS) is 1. The van der Waals surface area contributed by atoms with Gasteiger partial charge in [-0.15, -0.1) is 0 Å². The maximum Gasteiger partial charge on any atom is 0.306 e.